The van der Waals surface area contributed by atoms with Crippen LogP contribution in [0.3, 0.4) is 0 Å². The SMILES string of the molecule is COCCC1(N)CCCCC1(C)C(=O)OC. The fourth-order valence-corrected chi connectivity index (χ4v) is 2.66. The third kappa shape index (κ3) is 2.23. The standard InChI is InChI=1S/C12H23NO3/c1-11(10(14)16-3)6-4-5-7-12(11,13)8-9-15-2/h4-9,13H2,1-3H3. The minimum atomic E-state index is -0.571. The number of carbonyl (C=O) groups is 1. The molecule has 0 aromatic rings. The molecule has 2 atom stereocenters. The summed E-state index contributed by atoms with van der Waals surface area (Å²) < 4.78 is 9.99. The van der Waals surface area contributed by atoms with Crippen molar-refractivity contribution < 1.29 is 14.3 Å². The number of nitrogens with two attached hydrogens (primary N) is 1. The molecule has 0 heterocycles. The number of rotatable bonds is 4. The molecule has 0 aromatic heterocycles. The van der Waals surface area contributed by atoms with Crippen molar-refractivity contribution in [3.8, 4) is 0 Å². The van der Waals surface area contributed by atoms with Gasteiger partial charge in [0.05, 0.1) is 12.5 Å². The lowest BCUT2D eigenvalue weighted by molar-refractivity contribution is -0.159. The van der Waals surface area contributed by atoms with Crippen molar-refractivity contribution in [3.05, 3.63) is 0 Å². The molecule has 1 saturated carbocycles. The summed E-state index contributed by atoms with van der Waals surface area (Å²) in [7, 11) is 3.08. The molecule has 4 heteroatoms. The second kappa shape index (κ2) is 5.15. The lowest BCUT2D eigenvalue weighted by atomic mass is 9.61. The molecule has 2 N–H and O–H groups in total. The molecule has 0 radical (unpaired) electrons. The summed E-state index contributed by atoms with van der Waals surface area (Å²) in [6, 6.07) is 0. The van der Waals surface area contributed by atoms with Gasteiger partial charge in [0.15, 0.2) is 0 Å². The first kappa shape index (κ1) is 13.5. The zero-order valence-electron chi connectivity index (χ0n) is 10.5. The minimum Gasteiger partial charge on any atom is -0.469 e. The normalized spacial score (nSPS) is 34.8. The lowest BCUT2D eigenvalue weighted by Gasteiger charge is -2.47. The molecule has 0 spiro atoms. The first-order chi connectivity index (χ1) is 7.50. The Bertz CT molecular complexity index is 257. The van der Waals surface area contributed by atoms with Crippen LogP contribution in [0.1, 0.15) is 39.0 Å². The monoisotopic (exact) mass is 229 g/mol. The van der Waals surface area contributed by atoms with Crippen LogP contribution in [0.2, 0.25) is 0 Å². The van der Waals surface area contributed by atoms with Gasteiger partial charge in [-0.15, -0.1) is 0 Å². The number of methoxy groups -OCH3 is 2. The Labute approximate surface area is 97.5 Å². The van der Waals surface area contributed by atoms with E-state index in [1.165, 1.54) is 7.11 Å². The Morgan fingerprint density at radius 3 is 2.50 bits per heavy atom. The van der Waals surface area contributed by atoms with Crippen molar-refractivity contribution in [2.45, 2.75) is 44.6 Å². The van der Waals surface area contributed by atoms with Crippen LogP contribution >= 0.6 is 0 Å². The predicted octanol–water partition coefficient (Wildman–Crippen LogP) is 1.47. The van der Waals surface area contributed by atoms with Gasteiger partial charge in [-0.05, 0) is 26.2 Å². The summed E-state index contributed by atoms with van der Waals surface area (Å²) in [5.74, 6) is -0.189. The highest BCUT2D eigenvalue weighted by molar-refractivity contribution is 5.78. The number of carbonyl (C=O) groups excluding carboxylic acids is 1. The molecule has 0 saturated heterocycles. The van der Waals surface area contributed by atoms with E-state index in [1.807, 2.05) is 6.92 Å². The molecule has 94 valence electrons. The summed E-state index contributed by atoms with van der Waals surface area (Å²) in [5, 5.41) is 0. The fourth-order valence-electron chi connectivity index (χ4n) is 2.66. The van der Waals surface area contributed by atoms with Crippen molar-refractivity contribution in [2.75, 3.05) is 20.8 Å². The smallest absolute Gasteiger partial charge is 0.313 e. The molecule has 4 nitrogen and oxygen atoms in total. The van der Waals surface area contributed by atoms with Crippen LogP contribution in [0.5, 0.6) is 0 Å². The van der Waals surface area contributed by atoms with Crippen LogP contribution in [0, 0.1) is 5.41 Å². The van der Waals surface area contributed by atoms with E-state index in [2.05, 4.69) is 0 Å². The van der Waals surface area contributed by atoms with Gasteiger partial charge in [-0.25, -0.2) is 0 Å². The molecule has 0 aliphatic heterocycles. The van der Waals surface area contributed by atoms with Crippen LogP contribution in [0.4, 0.5) is 0 Å². The van der Waals surface area contributed by atoms with Crippen LogP contribution < -0.4 is 5.73 Å². The summed E-state index contributed by atoms with van der Waals surface area (Å²) in [4.78, 5) is 11.9. The molecule has 0 amide bonds. The van der Waals surface area contributed by atoms with E-state index in [4.69, 9.17) is 15.2 Å². The summed E-state index contributed by atoms with van der Waals surface area (Å²) >= 11 is 0. The molecule has 1 aliphatic rings. The summed E-state index contributed by atoms with van der Waals surface area (Å²) in [6.45, 7) is 2.51. The summed E-state index contributed by atoms with van der Waals surface area (Å²) in [6.07, 6.45) is 4.49. The van der Waals surface area contributed by atoms with E-state index < -0.39 is 11.0 Å². The highest BCUT2D eigenvalue weighted by atomic mass is 16.5. The van der Waals surface area contributed by atoms with E-state index >= 15 is 0 Å². The predicted molar refractivity (Wildman–Crippen MR) is 62.0 cm³/mol. The Morgan fingerprint density at radius 1 is 1.31 bits per heavy atom. The van der Waals surface area contributed by atoms with E-state index in [0.717, 1.165) is 25.7 Å². The maximum Gasteiger partial charge on any atom is 0.313 e. The quantitative estimate of drug-likeness (QED) is 0.742. The average Bonchev–Trinajstić information content (AvgIpc) is 2.29. The molecule has 1 aliphatic carbocycles. The number of hydrogen-bond acceptors (Lipinski definition) is 4. The van der Waals surface area contributed by atoms with Crippen LogP contribution in [-0.2, 0) is 14.3 Å². The third-order valence-corrected chi connectivity index (χ3v) is 4.04. The second-order valence-electron chi connectivity index (χ2n) is 4.93. The molecule has 1 rings (SSSR count). The Balaban J connectivity index is 2.88. The number of esters is 1. The molecule has 0 bridgehead atoms. The zero-order chi connectivity index (χ0) is 12.2. The largest absolute Gasteiger partial charge is 0.469 e. The van der Waals surface area contributed by atoms with E-state index in [9.17, 15) is 4.79 Å². The first-order valence-electron chi connectivity index (χ1n) is 5.86. The van der Waals surface area contributed by atoms with Gasteiger partial charge >= 0.3 is 5.97 Å². The zero-order valence-corrected chi connectivity index (χ0v) is 10.5. The van der Waals surface area contributed by atoms with Crippen LogP contribution in [0.25, 0.3) is 0 Å². The minimum absolute atomic E-state index is 0.189. The van der Waals surface area contributed by atoms with Gasteiger partial charge < -0.3 is 15.2 Å². The van der Waals surface area contributed by atoms with E-state index in [-0.39, 0.29) is 5.97 Å². The fraction of sp³-hybridized carbons (Fsp3) is 0.917. The van der Waals surface area contributed by atoms with Crippen molar-refractivity contribution in [2.24, 2.45) is 11.1 Å². The topological polar surface area (TPSA) is 61.5 Å². The third-order valence-electron chi connectivity index (χ3n) is 4.04. The molecular weight excluding hydrogens is 206 g/mol. The number of hydrogen-bond donors (Lipinski definition) is 1. The molecule has 0 aromatic carbocycles. The van der Waals surface area contributed by atoms with Gasteiger partial charge in [-0.3, -0.25) is 4.79 Å². The van der Waals surface area contributed by atoms with Gasteiger partial charge in [0.25, 0.3) is 0 Å². The van der Waals surface area contributed by atoms with Crippen molar-refractivity contribution in [3.63, 3.8) is 0 Å². The van der Waals surface area contributed by atoms with Gasteiger partial charge in [-0.2, -0.15) is 0 Å². The van der Waals surface area contributed by atoms with Crippen LogP contribution in [0.15, 0.2) is 0 Å². The van der Waals surface area contributed by atoms with Gasteiger partial charge in [-0.1, -0.05) is 12.8 Å². The van der Waals surface area contributed by atoms with Crippen LogP contribution in [-0.4, -0.2) is 32.3 Å². The van der Waals surface area contributed by atoms with E-state index in [0.29, 0.717) is 13.0 Å². The highest BCUT2D eigenvalue weighted by Gasteiger charge is 2.52. The van der Waals surface area contributed by atoms with E-state index in [1.54, 1.807) is 7.11 Å². The lowest BCUT2D eigenvalue weighted by Crippen LogP contribution is -2.60. The maximum absolute atomic E-state index is 11.9. The van der Waals surface area contributed by atoms with Gasteiger partial charge in [0, 0.05) is 19.3 Å². The first-order valence-corrected chi connectivity index (χ1v) is 5.86. The summed E-state index contributed by atoms with van der Waals surface area (Å²) in [5.41, 5.74) is 5.36. The average molecular weight is 229 g/mol. The molecular formula is C12H23NO3. The second-order valence-corrected chi connectivity index (χ2v) is 4.93. The Hall–Kier alpha value is -0.610. The number of ether oxygens (including phenoxy) is 2. The Morgan fingerprint density at radius 2 is 1.94 bits per heavy atom. The molecule has 2 unspecified atom stereocenters. The van der Waals surface area contributed by atoms with Crippen molar-refractivity contribution in [1.82, 2.24) is 0 Å². The van der Waals surface area contributed by atoms with Gasteiger partial charge in [0.2, 0.25) is 0 Å². The van der Waals surface area contributed by atoms with Crippen molar-refractivity contribution >= 4 is 5.97 Å². The van der Waals surface area contributed by atoms with Gasteiger partial charge in [0.1, 0.15) is 0 Å². The van der Waals surface area contributed by atoms with Crippen molar-refractivity contribution in [1.29, 1.82) is 0 Å². The maximum atomic E-state index is 11.9. The highest BCUT2D eigenvalue weighted by Crippen LogP contribution is 2.45. The molecule has 1 fully saturated rings. The Kier molecular flexibility index (Phi) is 4.33. The molecule has 16 heavy (non-hydrogen) atoms.